The Labute approximate surface area is 145 Å². The second-order valence-corrected chi connectivity index (χ2v) is 6.76. The molecule has 2 unspecified atom stereocenters. The highest BCUT2D eigenvalue weighted by molar-refractivity contribution is 6.00. The summed E-state index contributed by atoms with van der Waals surface area (Å²) in [6.45, 7) is 7.46. The van der Waals surface area contributed by atoms with Crippen molar-refractivity contribution in [1.29, 1.82) is 0 Å². The fraction of sp³-hybridized carbons (Fsp3) is 0.412. The standard InChI is InChI=1S/C17H12F3N3O3/c1-21-15-13-8-2-3-9(6-8)14(13)16(24)22(15)10-4-5-12(23(25)26)11(7-10)17(18,19)20/h2-5,7-9,13-15H,6H2/t8?,9?,13-,14+,15-/m1/s1. The molecule has 0 aromatic heterocycles. The molecule has 0 N–H and O–H groups in total. The number of alkyl halides is 3. The Morgan fingerprint density at radius 2 is 1.96 bits per heavy atom. The Kier molecular flexibility index (Phi) is 3.38. The topological polar surface area (TPSA) is 67.8 Å². The molecule has 134 valence electrons. The molecule has 1 heterocycles. The molecular formula is C17H12F3N3O3. The van der Waals surface area contributed by atoms with Crippen LogP contribution in [0.2, 0.25) is 0 Å². The van der Waals surface area contributed by atoms with E-state index in [1.54, 1.807) is 0 Å². The smallest absolute Gasteiger partial charge is 0.289 e. The first-order chi connectivity index (χ1) is 12.2. The Morgan fingerprint density at radius 3 is 2.58 bits per heavy atom. The summed E-state index contributed by atoms with van der Waals surface area (Å²) in [5.74, 6) is -0.965. The highest BCUT2D eigenvalue weighted by Crippen LogP contribution is 2.56. The monoisotopic (exact) mass is 363 g/mol. The molecule has 1 saturated carbocycles. The van der Waals surface area contributed by atoms with Gasteiger partial charge in [0.1, 0.15) is 5.56 Å². The van der Waals surface area contributed by atoms with Crippen molar-refractivity contribution in [2.24, 2.45) is 23.7 Å². The molecular weight excluding hydrogens is 351 g/mol. The number of hydrogen-bond donors (Lipinski definition) is 0. The fourth-order valence-corrected chi connectivity index (χ4v) is 4.56. The third kappa shape index (κ3) is 2.14. The lowest BCUT2D eigenvalue weighted by Gasteiger charge is -2.21. The van der Waals surface area contributed by atoms with Crippen LogP contribution in [0.1, 0.15) is 12.0 Å². The summed E-state index contributed by atoms with van der Waals surface area (Å²) in [5, 5.41) is 10.9. The molecule has 2 bridgehead atoms. The predicted octanol–water partition coefficient (Wildman–Crippen LogP) is 3.64. The van der Waals surface area contributed by atoms with Crippen molar-refractivity contribution in [2.45, 2.75) is 18.8 Å². The first-order valence-corrected chi connectivity index (χ1v) is 7.97. The predicted molar refractivity (Wildman–Crippen MR) is 83.7 cm³/mol. The van der Waals surface area contributed by atoms with Crippen molar-refractivity contribution in [3.63, 3.8) is 0 Å². The van der Waals surface area contributed by atoms with E-state index in [2.05, 4.69) is 4.85 Å². The van der Waals surface area contributed by atoms with Gasteiger partial charge < -0.3 is 0 Å². The van der Waals surface area contributed by atoms with Crippen LogP contribution in [-0.4, -0.2) is 17.0 Å². The summed E-state index contributed by atoms with van der Waals surface area (Å²) in [6.07, 6.45) is -1.14. The van der Waals surface area contributed by atoms with E-state index in [0.29, 0.717) is 6.07 Å². The van der Waals surface area contributed by atoms with Gasteiger partial charge in [-0.05, 0) is 30.4 Å². The maximum atomic E-state index is 13.2. The molecule has 2 fully saturated rings. The largest absolute Gasteiger partial charge is 0.423 e. The Morgan fingerprint density at radius 1 is 1.27 bits per heavy atom. The minimum atomic E-state index is -4.94. The number of fused-ring (bicyclic) bond motifs is 5. The summed E-state index contributed by atoms with van der Waals surface area (Å²) < 4.78 is 39.7. The summed E-state index contributed by atoms with van der Waals surface area (Å²) in [7, 11) is 0. The number of amides is 1. The number of halogens is 3. The van der Waals surface area contributed by atoms with Gasteiger partial charge in [-0.3, -0.25) is 19.8 Å². The number of nitrogens with zero attached hydrogens (tertiary/aromatic N) is 3. The van der Waals surface area contributed by atoms with E-state index in [1.165, 1.54) is 0 Å². The average Bonchev–Trinajstić information content (AvgIpc) is 3.25. The molecule has 1 aliphatic heterocycles. The highest BCUT2D eigenvalue weighted by atomic mass is 19.4. The highest BCUT2D eigenvalue weighted by Gasteiger charge is 2.63. The Hall–Kier alpha value is -2.89. The van der Waals surface area contributed by atoms with Crippen molar-refractivity contribution >= 4 is 17.3 Å². The zero-order valence-electron chi connectivity index (χ0n) is 13.2. The van der Waals surface area contributed by atoms with Gasteiger partial charge in [0, 0.05) is 6.07 Å². The maximum absolute atomic E-state index is 13.2. The quantitative estimate of drug-likeness (QED) is 0.349. The van der Waals surface area contributed by atoms with Gasteiger partial charge in [0.15, 0.2) is 0 Å². The van der Waals surface area contributed by atoms with Crippen LogP contribution in [0.15, 0.2) is 30.4 Å². The van der Waals surface area contributed by atoms with Gasteiger partial charge in [0.25, 0.3) is 5.69 Å². The number of rotatable bonds is 2. The van der Waals surface area contributed by atoms with E-state index in [4.69, 9.17) is 6.57 Å². The van der Waals surface area contributed by atoms with Crippen LogP contribution in [-0.2, 0) is 11.0 Å². The number of nitro benzene ring substituents is 1. The number of carbonyl (C=O) groups excluding carboxylic acids is 1. The average molecular weight is 363 g/mol. The summed E-state index contributed by atoms with van der Waals surface area (Å²) in [6, 6.07) is 2.46. The normalized spacial score (nSPS) is 32.0. The van der Waals surface area contributed by atoms with E-state index in [-0.39, 0.29) is 29.3 Å². The van der Waals surface area contributed by atoms with Crippen LogP contribution in [0, 0.1) is 40.4 Å². The van der Waals surface area contributed by atoms with Gasteiger partial charge in [-0.2, -0.15) is 13.2 Å². The molecule has 4 rings (SSSR count). The van der Waals surface area contributed by atoms with Gasteiger partial charge in [-0.25, -0.2) is 11.5 Å². The zero-order valence-corrected chi connectivity index (χ0v) is 13.2. The van der Waals surface area contributed by atoms with Gasteiger partial charge in [0.05, 0.1) is 22.4 Å². The van der Waals surface area contributed by atoms with Gasteiger partial charge in [-0.15, -0.1) is 0 Å². The number of hydrogen-bond acceptors (Lipinski definition) is 3. The van der Waals surface area contributed by atoms with Gasteiger partial charge in [-0.1, -0.05) is 12.2 Å². The Balaban J connectivity index is 1.80. The number of carbonyl (C=O) groups is 1. The van der Waals surface area contributed by atoms with E-state index in [0.717, 1.165) is 23.5 Å². The van der Waals surface area contributed by atoms with Crippen molar-refractivity contribution in [3.05, 3.63) is 57.4 Å². The number of allylic oxidation sites excluding steroid dienone is 2. The van der Waals surface area contributed by atoms with Crippen LogP contribution in [0.25, 0.3) is 4.85 Å². The molecule has 1 aromatic rings. The van der Waals surface area contributed by atoms with Crippen molar-refractivity contribution < 1.29 is 22.9 Å². The molecule has 0 radical (unpaired) electrons. The molecule has 2 aliphatic carbocycles. The molecule has 9 heteroatoms. The third-order valence-corrected chi connectivity index (χ3v) is 5.54. The Bertz CT molecular complexity index is 889. The first kappa shape index (κ1) is 16.6. The summed E-state index contributed by atoms with van der Waals surface area (Å²) in [5.41, 5.74) is -2.62. The van der Waals surface area contributed by atoms with Crippen LogP contribution in [0.4, 0.5) is 24.5 Å². The zero-order chi connectivity index (χ0) is 18.8. The molecule has 1 saturated heterocycles. The second-order valence-electron chi connectivity index (χ2n) is 6.76. The summed E-state index contributed by atoms with van der Waals surface area (Å²) in [4.78, 5) is 27.3. The lowest BCUT2D eigenvalue weighted by Crippen LogP contribution is -2.35. The lowest BCUT2D eigenvalue weighted by molar-refractivity contribution is -0.388. The molecule has 3 aliphatic rings. The number of anilines is 1. The maximum Gasteiger partial charge on any atom is 0.423 e. The van der Waals surface area contributed by atoms with E-state index in [9.17, 15) is 28.1 Å². The minimum absolute atomic E-state index is 0.00637. The van der Waals surface area contributed by atoms with E-state index < -0.39 is 34.4 Å². The molecule has 0 spiro atoms. The van der Waals surface area contributed by atoms with E-state index in [1.807, 2.05) is 12.2 Å². The van der Waals surface area contributed by atoms with Crippen LogP contribution in [0.3, 0.4) is 0 Å². The SMILES string of the molecule is [C-]#[N+][C@H]1[C@@H]2C3C=CC(C3)[C@@H]2C(=O)N1c1ccc([N+](=O)[O-])c(C(F)(F)F)c1. The molecule has 6 nitrogen and oxygen atoms in total. The van der Waals surface area contributed by atoms with Crippen molar-refractivity contribution in [1.82, 2.24) is 0 Å². The summed E-state index contributed by atoms with van der Waals surface area (Å²) >= 11 is 0. The molecule has 1 aromatic carbocycles. The first-order valence-electron chi connectivity index (χ1n) is 7.97. The number of benzene rings is 1. The van der Waals surface area contributed by atoms with E-state index >= 15 is 0 Å². The van der Waals surface area contributed by atoms with Crippen LogP contribution < -0.4 is 4.90 Å². The van der Waals surface area contributed by atoms with Gasteiger partial charge in [0.2, 0.25) is 5.91 Å². The molecule has 5 atom stereocenters. The minimum Gasteiger partial charge on any atom is -0.289 e. The lowest BCUT2D eigenvalue weighted by atomic mass is 9.84. The third-order valence-electron chi connectivity index (χ3n) is 5.54. The fourth-order valence-electron chi connectivity index (χ4n) is 4.56. The van der Waals surface area contributed by atoms with Crippen LogP contribution >= 0.6 is 0 Å². The van der Waals surface area contributed by atoms with Crippen LogP contribution in [0.5, 0.6) is 0 Å². The van der Waals surface area contributed by atoms with Crippen molar-refractivity contribution in [2.75, 3.05) is 4.90 Å². The van der Waals surface area contributed by atoms with Crippen molar-refractivity contribution in [3.8, 4) is 0 Å². The number of nitro groups is 1. The van der Waals surface area contributed by atoms with Gasteiger partial charge >= 0.3 is 12.3 Å². The second kappa shape index (κ2) is 5.30. The molecule has 26 heavy (non-hydrogen) atoms. The molecule has 1 amide bonds.